The highest BCUT2D eigenvalue weighted by molar-refractivity contribution is 5.80. The lowest BCUT2D eigenvalue weighted by atomic mass is 10.0. The Labute approximate surface area is 115 Å². The second kappa shape index (κ2) is 5.00. The minimum absolute atomic E-state index is 0.0797. The van der Waals surface area contributed by atoms with E-state index in [4.69, 9.17) is 5.73 Å². The monoisotopic (exact) mass is 285 g/mol. The Bertz CT molecular complexity index is 614. The summed E-state index contributed by atoms with van der Waals surface area (Å²) in [6, 6.07) is 4.44. The van der Waals surface area contributed by atoms with Crippen molar-refractivity contribution in [2.24, 2.45) is 5.92 Å². The quantitative estimate of drug-likeness (QED) is 0.857. The van der Waals surface area contributed by atoms with E-state index in [1.807, 2.05) is 20.8 Å². The van der Waals surface area contributed by atoms with Crippen LogP contribution >= 0.6 is 0 Å². The molecular formula is C14H18F3N3. The smallest absolute Gasteiger partial charge is 0.399 e. The third-order valence-corrected chi connectivity index (χ3v) is 3.49. The molecule has 0 radical (unpaired) electrons. The predicted molar refractivity (Wildman–Crippen MR) is 73.3 cm³/mol. The standard InChI is InChI=1S/C14H18F3N3/c1-4-11(8(2)3)20-12-6-5-9(18)7-10(12)19-13(20)14(15,16)17/h5-8,11H,4,18H2,1-3H3. The van der Waals surface area contributed by atoms with Crippen LogP contribution < -0.4 is 5.73 Å². The van der Waals surface area contributed by atoms with Gasteiger partial charge in [-0.05, 0) is 30.5 Å². The van der Waals surface area contributed by atoms with E-state index in [0.29, 0.717) is 17.6 Å². The topological polar surface area (TPSA) is 43.8 Å². The molecule has 1 atom stereocenters. The number of aromatic nitrogens is 2. The maximum Gasteiger partial charge on any atom is 0.449 e. The maximum atomic E-state index is 13.2. The van der Waals surface area contributed by atoms with Crippen LogP contribution in [0.4, 0.5) is 18.9 Å². The molecule has 1 unspecified atom stereocenters. The molecule has 0 aliphatic carbocycles. The molecule has 0 bridgehead atoms. The van der Waals surface area contributed by atoms with Gasteiger partial charge in [0.2, 0.25) is 5.82 Å². The summed E-state index contributed by atoms with van der Waals surface area (Å²) in [6.07, 6.45) is -3.87. The molecule has 1 aromatic heterocycles. The van der Waals surface area contributed by atoms with Crippen molar-refractivity contribution in [3.05, 3.63) is 24.0 Å². The van der Waals surface area contributed by atoms with E-state index < -0.39 is 12.0 Å². The SMILES string of the molecule is CCC(C(C)C)n1c(C(F)(F)F)nc2cc(N)ccc21. The second-order valence-electron chi connectivity index (χ2n) is 5.27. The van der Waals surface area contributed by atoms with Gasteiger partial charge >= 0.3 is 6.18 Å². The van der Waals surface area contributed by atoms with Crippen LogP contribution in [-0.2, 0) is 6.18 Å². The van der Waals surface area contributed by atoms with Crippen LogP contribution in [0.3, 0.4) is 0 Å². The molecule has 0 saturated heterocycles. The predicted octanol–water partition coefficient (Wildman–Crippen LogP) is 4.24. The van der Waals surface area contributed by atoms with Gasteiger partial charge in [-0.25, -0.2) is 4.98 Å². The second-order valence-corrected chi connectivity index (χ2v) is 5.27. The Morgan fingerprint density at radius 1 is 1.30 bits per heavy atom. The average Bonchev–Trinajstić information content (AvgIpc) is 2.68. The van der Waals surface area contributed by atoms with Crippen LogP contribution in [0.1, 0.15) is 39.1 Å². The Morgan fingerprint density at radius 2 is 1.95 bits per heavy atom. The minimum atomic E-state index is -4.48. The molecule has 1 aromatic carbocycles. The molecule has 0 spiro atoms. The molecule has 20 heavy (non-hydrogen) atoms. The van der Waals surface area contributed by atoms with Crippen LogP contribution in [0.2, 0.25) is 0 Å². The molecule has 0 aliphatic rings. The van der Waals surface area contributed by atoms with E-state index in [9.17, 15) is 13.2 Å². The zero-order valence-electron chi connectivity index (χ0n) is 11.7. The van der Waals surface area contributed by atoms with Crippen molar-refractivity contribution in [3.8, 4) is 0 Å². The summed E-state index contributed by atoms with van der Waals surface area (Å²) in [5, 5.41) is 0. The number of imidazole rings is 1. The summed E-state index contributed by atoms with van der Waals surface area (Å²) in [4.78, 5) is 3.75. The first-order chi connectivity index (χ1) is 9.25. The maximum absolute atomic E-state index is 13.2. The van der Waals surface area contributed by atoms with Crippen LogP contribution in [0.5, 0.6) is 0 Å². The van der Waals surface area contributed by atoms with Crippen LogP contribution in [0.25, 0.3) is 11.0 Å². The van der Waals surface area contributed by atoms with Crippen molar-refractivity contribution in [1.82, 2.24) is 9.55 Å². The molecule has 3 nitrogen and oxygen atoms in total. The number of anilines is 1. The number of benzene rings is 1. The van der Waals surface area contributed by atoms with Gasteiger partial charge in [0.15, 0.2) is 0 Å². The Morgan fingerprint density at radius 3 is 2.45 bits per heavy atom. The zero-order valence-corrected chi connectivity index (χ0v) is 11.7. The molecule has 0 saturated carbocycles. The number of hydrogen-bond donors (Lipinski definition) is 1. The third kappa shape index (κ3) is 2.46. The highest BCUT2D eigenvalue weighted by Crippen LogP contribution is 2.37. The van der Waals surface area contributed by atoms with E-state index in [1.165, 1.54) is 10.6 Å². The van der Waals surface area contributed by atoms with Crippen molar-refractivity contribution < 1.29 is 13.2 Å². The van der Waals surface area contributed by atoms with Gasteiger partial charge in [-0.15, -0.1) is 0 Å². The van der Waals surface area contributed by atoms with Gasteiger partial charge in [-0.1, -0.05) is 20.8 Å². The Hall–Kier alpha value is -1.72. The summed E-state index contributed by atoms with van der Waals surface area (Å²) in [6.45, 7) is 5.71. The molecule has 2 rings (SSSR count). The van der Waals surface area contributed by atoms with Crippen molar-refractivity contribution in [2.75, 3.05) is 5.73 Å². The van der Waals surface area contributed by atoms with E-state index in [2.05, 4.69) is 4.98 Å². The summed E-state index contributed by atoms with van der Waals surface area (Å²) in [7, 11) is 0. The van der Waals surface area contributed by atoms with E-state index in [-0.39, 0.29) is 17.5 Å². The number of fused-ring (bicyclic) bond motifs is 1. The van der Waals surface area contributed by atoms with E-state index in [0.717, 1.165) is 0 Å². The summed E-state index contributed by atoms with van der Waals surface area (Å²) in [5.41, 5.74) is 6.81. The minimum Gasteiger partial charge on any atom is -0.399 e. The largest absolute Gasteiger partial charge is 0.449 e. The summed E-state index contributed by atoms with van der Waals surface area (Å²) >= 11 is 0. The lowest BCUT2D eigenvalue weighted by Gasteiger charge is -2.24. The van der Waals surface area contributed by atoms with Crippen LogP contribution in [0, 0.1) is 5.92 Å². The van der Waals surface area contributed by atoms with Crippen molar-refractivity contribution in [1.29, 1.82) is 0 Å². The number of nitrogens with zero attached hydrogens (tertiary/aromatic N) is 2. The number of nitrogens with two attached hydrogens (primary N) is 1. The van der Waals surface area contributed by atoms with E-state index in [1.54, 1.807) is 12.1 Å². The Balaban J connectivity index is 2.77. The van der Waals surface area contributed by atoms with E-state index >= 15 is 0 Å². The van der Waals surface area contributed by atoms with Crippen molar-refractivity contribution >= 4 is 16.7 Å². The van der Waals surface area contributed by atoms with Crippen LogP contribution in [-0.4, -0.2) is 9.55 Å². The number of hydrogen-bond acceptors (Lipinski definition) is 2. The lowest BCUT2D eigenvalue weighted by molar-refractivity contribution is -0.147. The highest BCUT2D eigenvalue weighted by atomic mass is 19.4. The normalized spacial score (nSPS) is 14.2. The summed E-state index contributed by atoms with van der Waals surface area (Å²) < 4.78 is 41.0. The number of rotatable bonds is 3. The van der Waals surface area contributed by atoms with Gasteiger partial charge in [0.25, 0.3) is 0 Å². The fourth-order valence-corrected chi connectivity index (χ4v) is 2.60. The fraction of sp³-hybridized carbons (Fsp3) is 0.500. The summed E-state index contributed by atoms with van der Waals surface area (Å²) in [5.74, 6) is -0.769. The molecule has 0 aliphatic heterocycles. The molecule has 1 heterocycles. The van der Waals surface area contributed by atoms with Gasteiger partial charge in [-0.3, -0.25) is 0 Å². The molecule has 6 heteroatoms. The van der Waals surface area contributed by atoms with Crippen molar-refractivity contribution in [2.45, 2.75) is 39.4 Å². The van der Waals surface area contributed by atoms with Crippen LogP contribution in [0.15, 0.2) is 18.2 Å². The molecule has 110 valence electrons. The number of halogens is 3. The van der Waals surface area contributed by atoms with Crippen molar-refractivity contribution in [3.63, 3.8) is 0 Å². The zero-order chi connectivity index (χ0) is 15.1. The number of nitrogen functional groups attached to an aromatic ring is 1. The van der Waals surface area contributed by atoms with Gasteiger partial charge in [0, 0.05) is 11.7 Å². The fourth-order valence-electron chi connectivity index (χ4n) is 2.60. The number of alkyl halides is 3. The first kappa shape index (κ1) is 14.7. The van der Waals surface area contributed by atoms with Gasteiger partial charge in [-0.2, -0.15) is 13.2 Å². The first-order valence-corrected chi connectivity index (χ1v) is 6.60. The highest BCUT2D eigenvalue weighted by Gasteiger charge is 2.39. The van der Waals surface area contributed by atoms with Gasteiger partial charge in [0.1, 0.15) is 0 Å². The third-order valence-electron chi connectivity index (χ3n) is 3.49. The molecule has 2 N–H and O–H groups in total. The first-order valence-electron chi connectivity index (χ1n) is 6.60. The lowest BCUT2D eigenvalue weighted by Crippen LogP contribution is -2.22. The average molecular weight is 285 g/mol. The molecular weight excluding hydrogens is 267 g/mol. The molecule has 0 amide bonds. The van der Waals surface area contributed by atoms with Gasteiger partial charge in [0.05, 0.1) is 11.0 Å². The molecule has 0 fully saturated rings. The van der Waals surface area contributed by atoms with Gasteiger partial charge < -0.3 is 10.3 Å². The molecule has 2 aromatic rings. The Kier molecular flexibility index (Phi) is 3.67.